The number of hydrogen-bond donors (Lipinski definition) is 0. The summed E-state index contributed by atoms with van der Waals surface area (Å²) in [6.45, 7) is 6.71. The molecule has 1 unspecified atom stereocenters. The number of nitrogens with zero attached hydrogens (tertiary/aromatic N) is 2. The molecule has 0 saturated heterocycles. The molecule has 34 heavy (non-hydrogen) atoms. The molecule has 1 aromatic heterocycles. The highest BCUT2D eigenvalue weighted by atomic mass is 32.1. The van der Waals surface area contributed by atoms with Gasteiger partial charge in [-0.2, -0.15) is 0 Å². The molecule has 2 heterocycles. The molecule has 0 spiro atoms. The minimum atomic E-state index is -0.417. The SMILES string of the molecule is C=CCN(CC(=O)N1CCc2sccc2C1COc1ccccc1C)C(=O)c1ccc(F)cc1. The van der Waals surface area contributed by atoms with Gasteiger partial charge in [0.15, 0.2) is 0 Å². The number of carbonyl (C=O) groups is 2. The number of aryl methyl sites for hydroxylation is 1. The van der Waals surface area contributed by atoms with Gasteiger partial charge in [0, 0.05) is 23.5 Å². The molecule has 3 aromatic rings. The Bertz CT molecular complexity index is 1170. The Balaban J connectivity index is 1.53. The maximum Gasteiger partial charge on any atom is 0.254 e. The highest BCUT2D eigenvalue weighted by Crippen LogP contribution is 2.34. The van der Waals surface area contributed by atoms with E-state index in [1.54, 1.807) is 22.3 Å². The molecular formula is C27H27FN2O3S. The van der Waals surface area contributed by atoms with Crippen molar-refractivity contribution < 1.29 is 18.7 Å². The smallest absolute Gasteiger partial charge is 0.254 e. The van der Waals surface area contributed by atoms with Crippen LogP contribution < -0.4 is 4.74 Å². The predicted molar refractivity (Wildman–Crippen MR) is 132 cm³/mol. The molecule has 1 aliphatic heterocycles. The zero-order valence-electron chi connectivity index (χ0n) is 19.1. The quantitative estimate of drug-likeness (QED) is 0.427. The van der Waals surface area contributed by atoms with Crippen molar-refractivity contribution >= 4 is 23.2 Å². The second-order valence-corrected chi connectivity index (χ2v) is 9.21. The topological polar surface area (TPSA) is 49.9 Å². The van der Waals surface area contributed by atoms with Crippen molar-refractivity contribution in [2.24, 2.45) is 0 Å². The van der Waals surface area contributed by atoms with Crippen LogP contribution in [0.4, 0.5) is 4.39 Å². The van der Waals surface area contributed by atoms with Gasteiger partial charge < -0.3 is 14.5 Å². The molecule has 0 bridgehead atoms. The zero-order chi connectivity index (χ0) is 24.1. The van der Waals surface area contributed by atoms with Crippen LogP contribution in [0.15, 0.2) is 72.6 Å². The lowest BCUT2D eigenvalue weighted by Gasteiger charge is -2.37. The fourth-order valence-electron chi connectivity index (χ4n) is 4.17. The van der Waals surface area contributed by atoms with Gasteiger partial charge in [-0.25, -0.2) is 4.39 Å². The molecular weight excluding hydrogens is 451 g/mol. The van der Waals surface area contributed by atoms with E-state index in [1.165, 1.54) is 34.0 Å². The largest absolute Gasteiger partial charge is 0.491 e. The van der Waals surface area contributed by atoms with Gasteiger partial charge in [-0.15, -0.1) is 17.9 Å². The van der Waals surface area contributed by atoms with Crippen LogP contribution in [0.1, 0.15) is 32.4 Å². The summed E-state index contributed by atoms with van der Waals surface area (Å²) < 4.78 is 19.4. The first-order valence-corrected chi connectivity index (χ1v) is 12.1. The minimum Gasteiger partial charge on any atom is -0.491 e. The van der Waals surface area contributed by atoms with E-state index >= 15 is 0 Å². The van der Waals surface area contributed by atoms with Gasteiger partial charge in [-0.1, -0.05) is 24.3 Å². The Kier molecular flexibility index (Phi) is 7.43. The van der Waals surface area contributed by atoms with E-state index in [1.807, 2.05) is 36.6 Å². The summed E-state index contributed by atoms with van der Waals surface area (Å²) in [6.07, 6.45) is 2.35. The van der Waals surface area contributed by atoms with Gasteiger partial charge in [0.25, 0.3) is 5.91 Å². The van der Waals surface area contributed by atoms with Gasteiger partial charge in [0.2, 0.25) is 5.91 Å². The van der Waals surface area contributed by atoms with Crippen molar-refractivity contribution in [2.45, 2.75) is 19.4 Å². The van der Waals surface area contributed by atoms with Crippen molar-refractivity contribution in [2.75, 3.05) is 26.2 Å². The van der Waals surface area contributed by atoms with Gasteiger partial charge in [0.1, 0.15) is 24.7 Å². The van der Waals surface area contributed by atoms with Gasteiger partial charge in [-0.3, -0.25) is 9.59 Å². The van der Waals surface area contributed by atoms with Gasteiger partial charge >= 0.3 is 0 Å². The van der Waals surface area contributed by atoms with E-state index in [4.69, 9.17) is 4.74 Å². The monoisotopic (exact) mass is 478 g/mol. The summed E-state index contributed by atoms with van der Waals surface area (Å²) in [5.41, 5.74) is 2.45. The van der Waals surface area contributed by atoms with E-state index in [0.29, 0.717) is 18.7 Å². The molecule has 1 atom stereocenters. The van der Waals surface area contributed by atoms with Crippen LogP contribution in [0.25, 0.3) is 0 Å². The van der Waals surface area contributed by atoms with Crippen LogP contribution in [0.2, 0.25) is 0 Å². The third-order valence-corrected chi connectivity index (χ3v) is 6.96. The lowest BCUT2D eigenvalue weighted by Crippen LogP contribution is -2.47. The number of halogens is 1. The van der Waals surface area contributed by atoms with Crippen LogP contribution in [0.3, 0.4) is 0 Å². The summed E-state index contributed by atoms with van der Waals surface area (Å²) in [5.74, 6) is -0.127. The molecule has 0 N–H and O–H groups in total. The number of fused-ring (bicyclic) bond motifs is 1. The second kappa shape index (κ2) is 10.7. The fourth-order valence-corrected chi connectivity index (χ4v) is 5.09. The molecule has 4 rings (SSSR count). The molecule has 176 valence electrons. The number of rotatable bonds is 8. The summed E-state index contributed by atoms with van der Waals surface area (Å²) >= 11 is 1.69. The number of para-hydroxylation sites is 1. The first-order valence-electron chi connectivity index (χ1n) is 11.2. The van der Waals surface area contributed by atoms with Gasteiger partial charge in [-0.05, 0) is 66.2 Å². The Hall–Kier alpha value is -3.45. The summed E-state index contributed by atoms with van der Waals surface area (Å²) in [5, 5.41) is 2.04. The van der Waals surface area contributed by atoms with Gasteiger partial charge in [0.05, 0.1) is 6.04 Å². The third kappa shape index (κ3) is 5.20. The van der Waals surface area contributed by atoms with Crippen LogP contribution in [-0.2, 0) is 11.2 Å². The number of thiophene rings is 1. The molecule has 5 nitrogen and oxygen atoms in total. The normalized spacial score (nSPS) is 14.9. The van der Waals surface area contributed by atoms with E-state index in [9.17, 15) is 14.0 Å². The van der Waals surface area contributed by atoms with Crippen molar-refractivity contribution in [3.05, 3.63) is 100 Å². The molecule has 2 aromatic carbocycles. The van der Waals surface area contributed by atoms with Crippen molar-refractivity contribution in [3.8, 4) is 5.75 Å². The number of ether oxygens (including phenoxy) is 1. The highest BCUT2D eigenvalue weighted by Gasteiger charge is 2.33. The number of carbonyl (C=O) groups excluding carboxylic acids is 2. The first-order chi connectivity index (χ1) is 16.5. The Morgan fingerprint density at radius 1 is 1.21 bits per heavy atom. The zero-order valence-corrected chi connectivity index (χ0v) is 19.9. The minimum absolute atomic E-state index is 0.0947. The number of benzene rings is 2. The molecule has 7 heteroatoms. The maximum atomic E-state index is 13.5. The Labute approximate surface area is 203 Å². The highest BCUT2D eigenvalue weighted by molar-refractivity contribution is 7.10. The van der Waals surface area contributed by atoms with E-state index in [-0.39, 0.29) is 30.9 Å². The average Bonchev–Trinajstić information content (AvgIpc) is 3.32. The first kappa shape index (κ1) is 23.7. The van der Waals surface area contributed by atoms with E-state index in [2.05, 4.69) is 12.6 Å². The Morgan fingerprint density at radius 2 is 1.97 bits per heavy atom. The van der Waals surface area contributed by atoms with Crippen LogP contribution >= 0.6 is 11.3 Å². The number of hydrogen-bond acceptors (Lipinski definition) is 4. The van der Waals surface area contributed by atoms with E-state index < -0.39 is 5.82 Å². The average molecular weight is 479 g/mol. The third-order valence-electron chi connectivity index (χ3n) is 5.96. The summed E-state index contributed by atoms with van der Waals surface area (Å²) in [7, 11) is 0. The summed E-state index contributed by atoms with van der Waals surface area (Å²) in [4.78, 5) is 31.0. The van der Waals surface area contributed by atoms with E-state index in [0.717, 1.165) is 23.3 Å². The van der Waals surface area contributed by atoms with Crippen LogP contribution in [0, 0.1) is 12.7 Å². The van der Waals surface area contributed by atoms with Crippen LogP contribution in [-0.4, -0.2) is 47.9 Å². The van der Waals surface area contributed by atoms with Crippen molar-refractivity contribution in [1.82, 2.24) is 9.80 Å². The molecule has 0 aliphatic carbocycles. The molecule has 0 saturated carbocycles. The van der Waals surface area contributed by atoms with Crippen molar-refractivity contribution in [3.63, 3.8) is 0 Å². The van der Waals surface area contributed by atoms with Crippen molar-refractivity contribution in [1.29, 1.82) is 0 Å². The second-order valence-electron chi connectivity index (χ2n) is 8.21. The number of amides is 2. The standard InChI is InChI=1S/C27H27FN2O3S/c1-3-14-29(27(32)20-8-10-21(28)11-9-20)17-26(31)30-15-12-25-22(13-16-34-25)23(30)18-33-24-7-5-4-6-19(24)2/h3-11,13,16,23H,1,12,14-15,17-18H2,2H3. The molecule has 0 radical (unpaired) electrons. The predicted octanol–water partition coefficient (Wildman–Crippen LogP) is 5.03. The molecule has 2 amide bonds. The maximum absolute atomic E-state index is 13.5. The lowest BCUT2D eigenvalue weighted by atomic mass is 10.00. The summed E-state index contributed by atoms with van der Waals surface area (Å²) in [6, 6.07) is 14.9. The Morgan fingerprint density at radius 3 is 2.71 bits per heavy atom. The molecule has 1 aliphatic rings. The molecule has 0 fully saturated rings. The fraction of sp³-hybridized carbons (Fsp3) is 0.259. The lowest BCUT2D eigenvalue weighted by molar-refractivity contribution is -0.135. The van der Waals surface area contributed by atoms with Crippen LogP contribution in [0.5, 0.6) is 5.75 Å².